The monoisotopic (exact) mass is 270 g/mol. The van der Waals surface area contributed by atoms with Gasteiger partial charge in [0.1, 0.15) is 5.82 Å². The van der Waals surface area contributed by atoms with Crippen LogP contribution < -0.4 is 0 Å². The minimum absolute atomic E-state index is 0.0678. The largest absolute Gasteiger partial charge is 0.481 e. The Balaban J connectivity index is 2.74. The Kier molecular flexibility index (Phi) is 2.59. The molecule has 0 bridgehead atoms. The van der Waals surface area contributed by atoms with E-state index in [0.717, 1.165) is 12.1 Å². The first-order valence-electron chi connectivity index (χ1n) is 5.18. The number of aliphatic carboxylic acids is 1. The Hall–Kier alpha value is -1.69. The van der Waals surface area contributed by atoms with E-state index in [2.05, 4.69) is 0 Å². The second-order valence-electron chi connectivity index (χ2n) is 4.59. The van der Waals surface area contributed by atoms with E-state index in [-0.39, 0.29) is 15.4 Å². The molecule has 2 rings (SSSR count). The highest BCUT2D eigenvalue weighted by molar-refractivity contribution is 7.96. The van der Waals surface area contributed by atoms with Crippen molar-refractivity contribution in [1.29, 1.82) is 0 Å². The maximum Gasteiger partial charge on any atom is 0.314 e. The van der Waals surface area contributed by atoms with E-state index in [0.29, 0.717) is 0 Å². The van der Waals surface area contributed by atoms with Crippen LogP contribution in [-0.4, -0.2) is 19.5 Å². The molecule has 0 aromatic heterocycles. The van der Waals surface area contributed by atoms with E-state index in [9.17, 15) is 17.6 Å². The van der Waals surface area contributed by atoms with E-state index in [1.807, 2.05) is 0 Å². The minimum Gasteiger partial charge on any atom is -0.481 e. The SMILES string of the molecule is CC(C)(C(=O)O)C1=Cc2c(F)cccc2S1(=O)=O. The number of carboxylic acid groups (broad SMARTS) is 1. The summed E-state index contributed by atoms with van der Waals surface area (Å²) in [5, 5.41) is 9.08. The van der Waals surface area contributed by atoms with Crippen molar-refractivity contribution in [3.63, 3.8) is 0 Å². The molecule has 1 aromatic rings. The number of benzene rings is 1. The third-order valence-corrected chi connectivity index (χ3v) is 5.16. The molecule has 0 amide bonds. The van der Waals surface area contributed by atoms with E-state index >= 15 is 0 Å². The van der Waals surface area contributed by atoms with Crippen LogP contribution in [0.5, 0.6) is 0 Å². The summed E-state index contributed by atoms with van der Waals surface area (Å²) in [6.45, 7) is 2.56. The smallest absolute Gasteiger partial charge is 0.314 e. The second kappa shape index (κ2) is 3.65. The van der Waals surface area contributed by atoms with Gasteiger partial charge in [0.15, 0.2) is 0 Å². The van der Waals surface area contributed by atoms with Crippen LogP contribution in [0.2, 0.25) is 0 Å². The molecule has 18 heavy (non-hydrogen) atoms. The van der Waals surface area contributed by atoms with Crippen molar-refractivity contribution in [1.82, 2.24) is 0 Å². The van der Waals surface area contributed by atoms with Gasteiger partial charge in [-0.1, -0.05) is 6.07 Å². The lowest BCUT2D eigenvalue weighted by Gasteiger charge is -2.20. The Morgan fingerprint density at radius 1 is 1.33 bits per heavy atom. The highest BCUT2D eigenvalue weighted by atomic mass is 32.2. The lowest BCUT2D eigenvalue weighted by molar-refractivity contribution is -0.144. The van der Waals surface area contributed by atoms with Crippen LogP contribution in [0.1, 0.15) is 19.4 Å². The standard InChI is InChI=1S/C12H11FO4S/c1-12(2,11(14)15)10-6-7-8(13)4-3-5-9(7)18(10,16)17/h3-6H,1-2H3,(H,14,15). The molecule has 1 heterocycles. The van der Waals surface area contributed by atoms with Gasteiger partial charge in [-0.25, -0.2) is 12.8 Å². The molecule has 0 fully saturated rings. The quantitative estimate of drug-likeness (QED) is 0.893. The third kappa shape index (κ3) is 1.56. The number of rotatable bonds is 2. The molecule has 6 heteroatoms. The minimum atomic E-state index is -3.93. The average molecular weight is 270 g/mol. The molecule has 4 nitrogen and oxygen atoms in total. The first kappa shape index (κ1) is 12.8. The molecular formula is C12H11FO4S. The molecular weight excluding hydrogens is 259 g/mol. The van der Waals surface area contributed by atoms with Crippen molar-refractivity contribution in [3.05, 3.63) is 34.5 Å². The van der Waals surface area contributed by atoms with E-state index in [4.69, 9.17) is 5.11 Å². The summed E-state index contributed by atoms with van der Waals surface area (Å²) in [6.07, 6.45) is 1.11. The summed E-state index contributed by atoms with van der Waals surface area (Å²) in [5.41, 5.74) is -1.66. The average Bonchev–Trinajstić information content (AvgIpc) is 2.53. The number of halogens is 1. The zero-order valence-electron chi connectivity index (χ0n) is 9.77. The predicted molar refractivity (Wildman–Crippen MR) is 63.0 cm³/mol. The molecule has 0 atom stereocenters. The van der Waals surface area contributed by atoms with Crippen LogP contribution in [0, 0.1) is 11.2 Å². The zero-order valence-corrected chi connectivity index (χ0v) is 10.6. The molecule has 0 saturated heterocycles. The van der Waals surface area contributed by atoms with E-state index in [1.165, 1.54) is 26.0 Å². The molecule has 0 spiro atoms. The molecule has 1 N–H and O–H groups in total. The topological polar surface area (TPSA) is 71.4 Å². The van der Waals surface area contributed by atoms with Crippen LogP contribution in [0.25, 0.3) is 6.08 Å². The van der Waals surface area contributed by atoms with Gasteiger partial charge in [0, 0.05) is 5.56 Å². The fourth-order valence-corrected chi connectivity index (χ4v) is 3.81. The molecule has 0 aliphatic carbocycles. The first-order valence-corrected chi connectivity index (χ1v) is 6.66. The van der Waals surface area contributed by atoms with Crippen molar-refractivity contribution in [2.75, 3.05) is 0 Å². The van der Waals surface area contributed by atoms with Crippen LogP contribution >= 0.6 is 0 Å². The third-order valence-electron chi connectivity index (χ3n) is 3.02. The van der Waals surface area contributed by atoms with Crippen molar-refractivity contribution >= 4 is 21.9 Å². The van der Waals surface area contributed by atoms with Gasteiger partial charge in [0.25, 0.3) is 0 Å². The number of hydrogen-bond donors (Lipinski definition) is 1. The highest BCUT2D eigenvalue weighted by Crippen LogP contribution is 2.43. The summed E-state index contributed by atoms with van der Waals surface area (Å²) in [5.74, 6) is -1.95. The van der Waals surface area contributed by atoms with E-state index in [1.54, 1.807) is 0 Å². The van der Waals surface area contributed by atoms with E-state index < -0.39 is 27.0 Å². The molecule has 1 aliphatic heterocycles. The van der Waals surface area contributed by atoms with Gasteiger partial charge >= 0.3 is 5.97 Å². The van der Waals surface area contributed by atoms with Crippen LogP contribution in [0.4, 0.5) is 4.39 Å². The summed E-state index contributed by atoms with van der Waals surface area (Å²) in [4.78, 5) is 10.7. The number of carbonyl (C=O) groups is 1. The predicted octanol–water partition coefficient (Wildman–Crippen LogP) is 2.06. The van der Waals surface area contributed by atoms with Crippen molar-refractivity contribution in [2.45, 2.75) is 18.7 Å². The normalized spacial score (nSPS) is 17.2. The summed E-state index contributed by atoms with van der Waals surface area (Å²) in [7, 11) is -3.93. The maximum atomic E-state index is 13.5. The first-order chi connectivity index (χ1) is 8.19. The number of fused-ring (bicyclic) bond motifs is 1. The summed E-state index contributed by atoms with van der Waals surface area (Å²) < 4.78 is 37.9. The lowest BCUT2D eigenvalue weighted by Crippen LogP contribution is -2.28. The number of carboxylic acids is 1. The van der Waals surface area contributed by atoms with Gasteiger partial charge in [0.05, 0.1) is 15.2 Å². The molecule has 1 aromatic carbocycles. The Morgan fingerprint density at radius 3 is 2.44 bits per heavy atom. The molecule has 0 saturated carbocycles. The summed E-state index contributed by atoms with van der Waals surface area (Å²) >= 11 is 0. The fourth-order valence-electron chi connectivity index (χ4n) is 1.84. The Bertz CT molecular complexity index is 671. The Labute approximate surface area is 104 Å². The highest BCUT2D eigenvalue weighted by Gasteiger charge is 2.44. The Morgan fingerprint density at radius 2 is 1.94 bits per heavy atom. The van der Waals surface area contributed by atoms with Crippen LogP contribution in [-0.2, 0) is 14.6 Å². The lowest BCUT2D eigenvalue weighted by atomic mass is 9.92. The molecule has 96 valence electrons. The van der Waals surface area contributed by atoms with Gasteiger partial charge in [-0.2, -0.15) is 0 Å². The molecule has 1 aliphatic rings. The van der Waals surface area contributed by atoms with Gasteiger partial charge in [-0.05, 0) is 32.1 Å². The van der Waals surface area contributed by atoms with Crippen LogP contribution in [0.3, 0.4) is 0 Å². The van der Waals surface area contributed by atoms with Crippen molar-refractivity contribution in [2.24, 2.45) is 5.41 Å². The summed E-state index contributed by atoms with van der Waals surface area (Å²) in [6, 6.07) is 3.70. The van der Waals surface area contributed by atoms with Crippen molar-refractivity contribution in [3.8, 4) is 0 Å². The van der Waals surface area contributed by atoms with Gasteiger partial charge < -0.3 is 5.11 Å². The second-order valence-corrected chi connectivity index (χ2v) is 6.48. The zero-order chi connectivity index (χ0) is 13.7. The fraction of sp³-hybridized carbons (Fsp3) is 0.250. The van der Waals surface area contributed by atoms with Crippen molar-refractivity contribution < 1.29 is 22.7 Å². The molecule has 0 radical (unpaired) electrons. The number of sulfone groups is 1. The van der Waals surface area contributed by atoms with Gasteiger partial charge in [0.2, 0.25) is 9.84 Å². The van der Waals surface area contributed by atoms with Gasteiger partial charge in [-0.15, -0.1) is 0 Å². The van der Waals surface area contributed by atoms with Gasteiger partial charge in [-0.3, -0.25) is 4.79 Å². The number of hydrogen-bond acceptors (Lipinski definition) is 3. The molecule has 0 unspecified atom stereocenters. The van der Waals surface area contributed by atoms with Crippen LogP contribution in [0.15, 0.2) is 28.0 Å². The maximum absolute atomic E-state index is 13.5.